The number of benzene rings is 1. The molecule has 2 aliphatic rings. The molecule has 41 heavy (non-hydrogen) atoms. The minimum Gasteiger partial charge on any atom is -0.504 e. The lowest BCUT2D eigenvalue weighted by atomic mass is 9.67. The first-order valence-electron chi connectivity index (χ1n) is 15.9. The minimum atomic E-state index is -0.443. The number of aromatic hydroxyl groups is 1. The fraction of sp³-hybridized carbons (Fsp3) is 0.758. The molecule has 0 aromatic heterocycles. The maximum Gasteiger partial charge on any atom is 0.309 e. The van der Waals surface area contributed by atoms with Crippen LogP contribution in [0, 0.1) is 17.3 Å². The van der Waals surface area contributed by atoms with E-state index in [1.807, 2.05) is 12.1 Å². The molecule has 0 unspecified atom stereocenters. The van der Waals surface area contributed by atoms with Gasteiger partial charge in [-0.2, -0.15) is 0 Å². The first-order valence-corrected chi connectivity index (χ1v) is 15.9. The second kappa shape index (κ2) is 17.0. The number of aliphatic hydroxyl groups excluding tert-OH is 1. The molecule has 3 N–H and O–H groups in total. The quantitative estimate of drug-likeness (QED) is 0.215. The van der Waals surface area contributed by atoms with Gasteiger partial charge in [-0.05, 0) is 88.1 Å². The van der Waals surface area contributed by atoms with E-state index in [0.29, 0.717) is 25.0 Å². The molecule has 3 rings (SSSR count). The summed E-state index contributed by atoms with van der Waals surface area (Å²) in [6, 6.07) is 5.44. The number of phenolic OH excluding ortho intramolecular Hbond substituents is 1. The number of rotatable bonds is 16. The van der Waals surface area contributed by atoms with Crippen LogP contribution in [0.3, 0.4) is 0 Å². The van der Waals surface area contributed by atoms with Crippen molar-refractivity contribution in [3.63, 3.8) is 0 Å². The molecule has 0 amide bonds. The lowest BCUT2D eigenvalue weighted by Gasteiger charge is -2.45. The molecule has 8 heteroatoms. The molecule has 0 bridgehead atoms. The molecular weight excluding hydrogens is 522 g/mol. The average Bonchev–Trinajstić information content (AvgIpc) is 2.98. The predicted molar refractivity (Wildman–Crippen MR) is 159 cm³/mol. The van der Waals surface area contributed by atoms with E-state index in [2.05, 4.69) is 12.2 Å². The number of hydrogen-bond acceptors (Lipinski definition) is 8. The molecule has 1 aliphatic heterocycles. The lowest BCUT2D eigenvalue weighted by molar-refractivity contribution is -0.171. The zero-order valence-corrected chi connectivity index (χ0v) is 25.5. The Hall–Kier alpha value is -2.32. The van der Waals surface area contributed by atoms with Gasteiger partial charge in [0, 0.05) is 25.4 Å². The Kier molecular flexibility index (Phi) is 13.7. The van der Waals surface area contributed by atoms with E-state index in [1.54, 1.807) is 13.2 Å². The Labute approximate surface area is 246 Å². The highest BCUT2D eigenvalue weighted by Gasteiger charge is 2.45. The first kappa shape index (κ1) is 33.2. The largest absolute Gasteiger partial charge is 0.504 e. The van der Waals surface area contributed by atoms with Gasteiger partial charge < -0.3 is 29.7 Å². The van der Waals surface area contributed by atoms with Crippen molar-refractivity contribution in [1.82, 2.24) is 5.32 Å². The molecule has 1 heterocycles. The van der Waals surface area contributed by atoms with Crippen LogP contribution in [0.2, 0.25) is 0 Å². The minimum absolute atomic E-state index is 0.0782. The monoisotopic (exact) mass is 575 g/mol. The van der Waals surface area contributed by atoms with Crippen molar-refractivity contribution >= 4 is 11.9 Å². The zero-order valence-electron chi connectivity index (χ0n) is 25.5. The van der Waals surface area contributed by atoms with E-state index in [1.165, 1.54) is 6.92 Å². The topological polar surface area (TPSA) is 114 Å². The second-order valence-corrected chi connectivity index (χ2v) is 12.2. The summed E-state index contributed by atoms with van der Waals surface area (Å²) in [6.07, 6.45) is 11.1. The number of hydrogen-bond donors (Lipinski definition) is 3. The number of carbonyl (C=O) groups excluding carboxylic acids is 2. The number of esters is 2. The Morgan fingerprint density at radius 2 is 1.78 bits per heavy atom. The van der Waals surface area contributed by atoms with Crippen LogP contribution in [-0.4, -0.2) is 61.2 Å². The molecule has 1 saturated heterocycles. The second-order valence-electron chi connectivity index (χ2n) is 12.2. The number of nitrogens with one attached hydrogen (secondary N) is 1. The van der Waals surface area contributed by atoms with Gasteiger partial charge in [-0.1, -0.05) is 45.1 Å². The lowest BCUT2D eigenvalue weighted by Crippen LogP contribution is -2.50. The van der Waals surface area contributed by atoms with Gasteiger partial charge >= 0.3 is 11.9 Å². The highest BCUT2D eigenvalue weighted by Crippen LogP contribution is 2.43. The van der Waals surface area contributed by atoms with E-state index < -0.39 is 12.2 Å². The van der Waals surface area contributed by atoms with Crippen molar-refractivity contribution < 1.29 is 34.0 Å². The number of aliphatic hydroxyl groups is 1. The molecule has 1 aromatic carbocycles. The molecule has 1 aromatic rings. The molecule has 2 fully saturated rings. The maximum absolute atomic E-state index is 13.7. The highest BCUT2D eigenvalue weighted by molar-refractivity contribution is 5.72. The number of unbranched alkanes of at least 4 members (excludes halogenated alkanes) is 1. The van der Waals surface area contributed by atoms with Gasteiger partial charge in [0.1, 0.15) is 12.2 Å². The summed E-state index contributed by atoms with van der Waals surface area (Å²) < 4.78 is 18.0. The molecular formula is C33H53NO7. The van der Waals surface area contributed by atoms with Gasteiger partial charge in [0.05, 0.1) is 13.0 Å². The SMILES string of the molecule is CCCC[C@H](CCCO)[C@H](C[C@@H](OC(=O)C1CCCCC1)C1(Cc2ccc(O)c(OC)c2)CCNCC1)OC(C)=O. The first-order chi connectivity index (χ1) is 19.8. The van der Waals surface area contributed by atoms with E-state index in [9.17, 15) is 19.8 Å². The molecule has 1 aliphatic carbocycles. The number of carbonyl (C=O) groups is 2. The van der Waals surface area contributed by atoms with Crippen LogP contribution in [0.5, 0.6) is 11.5 Å². The number of piperidine rings is 1. The van der Waals surface area contributed by atoms with Crippen molar-refractivity contribution in [3.05, 3.63) is 23.8 Å². The van der Waals surface area contributed by atoms with E-state index in [0.717, 1.165) is 89.3 Å². The van der Waals surface area contributed by atoms with Crippen LogP contribution in [0.25, 0.3) is 0 Å². The van der Waals surface area contributed by atoms with Gasteiger partial charge in [0.25, 0.3) is 0 Å². The Morgan fingerprint density at radius 3 is 2.41 bits per heavy atom. The standard InChI is InChI=1S/C33H53NO7/c1-4-5-10-26(13-9-20-35)29(40-24(2)36)22-31(41-32(38)27-11-7-6-8-12-27)33(16-18-34-19-17-33)23-25-14-15-28(37)30(21-25)39-3/h14-15,21,26-27,29,31,34-35,37H,4-13,16-20,22-23H2,1-3H3/t26-,29+,31-/m1/s1. The van der Waals surface area contributed by atoms with Gasteiger partial charge in [-0.3, -0.25) is 9.59 Å². The third kappa shape index (κ3) is 9.88. The Bertz CT molecular complexity index is 932. The van der Waals surface area contributed by atoms with Crippen LogP contribution in [-0.2, 0) is 25.5 Å². The maximum atomic E-state index is 13.7. The molecule has 0 radical (unpaired) electrons. The summed E-state index contributed by atoms with van der Waals surface area (Å²) in [5.74, 6) is 0.0429. The van der Waals surface area contributed by atoms with Crippen LogP contribution in [0.15, 0.2) is 18.2 Å². The molecule has 0 spiro atoms. The zero-order chi connectivity index (χ0) is 29.7. The van der Waals surface area contributed by atoms with E-state index >= 15 is 0 Å². The van der Waals surface area contributed by atoms with E-state index in [-0.39, 0.29) is 41.5 Å². The van der Waals surface area contributed by atoms with Gasteiger partial charge in [0.15, 0.2) is 11.5 Å². The van der Waals surface area contributed by atoms with Crippen molar-refractivity contribution in [1.29, 1.82) is 0 Å². The van der Waals surface area contributed by atoms with Crippen LogP contribution in [0.1, 0.15) is 103 Å². The summed E-state index contributed by atoms with van der Waals surface area (Å²) in [4.78, 5) is 26.1. The van der Waals surface area contributed by atoms with Crippen LogP contribution in [0.4, 0.5) is 0 Å². The highest BCUT2D eigenvalue weighted by atomic mass is 16.6. The fourth-order valence-electron chi connectivity index (χ4n) is 6.87. The van der Waals surface area contributed by atoms with Crippen molar-refractivity contribution in [2.24, 2.45) is 17.3 Å². The molecule has 3 atom stereocenters. The van der Waals surface area contributed by atoms with Crippen LogP contribution >= 0.6 is 0 Å². The molecule has 232 valence electrons. The van der Waals surface area contributed by atoms with Crippen molar-refractivity contribution in [2.75, 3.05) is 26.8 Å². The number of ether oxygens (including phenoxy) is 3. The van der Waals surface area contributed by atoms with Gasteiger partial charge in [-0.25, -0.2) is 0 Å². The molecule has 8 nitrogen and oxygen atoms in total. The fourth-order valence-corrected chi connectivity index (χ4v) is 6.87. The predicted octanol–water partition coefficient (Wildman–Crippen LogP) is 5.71. The number of methoxy groups -OCH3 is 1. The van der Waals surface area contributed by atoms with Gasteiger partial charge in [0.2, 0.25) is 0 Å². The summed E-state index contributed by atoms with van der Waals surface area (Å²) in [7, 11) is 1.54. The smallest absolute Gasteiger partial charge is 0.309 e. The normalized spacial score (nSPS) is 19.6. The third-order valence-electron chi connectivity index (χ3n) is 9.23. The van der Waals surface area contributed by atoms with Crippen molar-refractivity contribution in [2.45, 2.75) is 116 Å². The molecule has 1 saturated carbocycles. The summed E-state index contributed by atoms with van der Waals surface area (Å²) >= 11 is 0. The summed E-state index contributed by atoms with van der Waals surface area (Å²) in [6.45, 7) is 5.29. The Morgan fingerprint density at radius 1 is 1.07 bits per heavy atom. The summed E-state index contributed by atoms with van der Waals surface area (Å²) in [5.41, 5.74) is 0.634. The Balaban J connectivity index is 2.00. The van der Waals surface area contributed by atoms with Gasteiger partial charge in [-0.15, -0.1) is 0 Å². The van der Waals surface area contributed by atoms with Crippen molar-refractivity contribution in [3.8, 4) is 11.5 Å². The van der Waals surface area contributed by atoms with Crippen LogP contribution < -0.4 is 10.1 Å². The number of phenols is 1. The third-order valence-corrected chi connectivity index (χ3v) is 9.23. The average molecular weight is 576 g/mol. The van der Waals surface area contributed by atoms with E-state index in [4.69, 9.17) is 14.2 Å². The summed E-state index contributed by atoms with van der Waals surface area (Å²) in [5, 5.41) is 23.3.